The zero-order chi connectivity index (χ0) is 32.1. The molecule has 0 unspecified atom stereocenters. The number of nitrogens with one attached hydrogen (secondary N) is 2. The van der Waals surface area contributed by atoms with Gasteiger partial charge in [0, 0.05) is 45.0 Å². The highest BCUT2D eigenvalue weighted by molar-refractivity contribution is 7.90. The summed E-state index contributed by atoms with van der Waals surface area (Å²) < 4.78 is 64.6. The number of fused-ring (bicyclic) bond motifs is 1. The van der Waals surface area contributed by atoms with E-state index in [1.54, 1.807) is 6.07 Å². The SMILES string of the molecule is N#Cc1c(NS(=O)(=O)N2CC[C@@H](F)C2)ccc(F)c1Oc1ccc2ncn(-c3ccc(N4CCC5(CC4)CNC5)cc3)c(=O)c2c1. The van der Waals surface area contributed by atoms with Crippen LogP contribution in [-0.4, -0.2) is 67.7 Å². The van der Waals surface area contributed by atoms with E-state index in [0.717, 1.165) is 61.1 Å². The summed E-state index contributed by atoms with van der Waals surface area (Å²) in [6, 6.07) is 16.0. The van der Waals surface area contributed by atoms with E-state index in [1.807, 2.05) is 24.3 Å². The van der Waals surface area contributed by atoms with Gasteiger partial charge in [0.2, 0.25) is 0 Å². The first kappa shape index (κ1) is 30.1. The molecule has 3 aliphatic rings. The molecule has 0 bridgehead atoms. The largest absolute Gasteiger partial charge is 0.453 e. The Morgan fingerprint density at radius 1 is 1.04 bits per heavy atom. The summed E-state index contributed by atoms with van der Waals surface area (Å²) in [5, 5.41) is 13.4. The van der Waals surface area contributed by atoms with Crippen molar-refractivity contribution in [2.75, 3.05) is 48.9 Å². The maximum Gasteiger partial charge on any atom is 0.301 e. The second kappa shape index (κ2) is 11.7. The van der Waals surface area contributed by atoms with Gasteiger partial charge in [0.25, 0.3) is 5.56 Å². The number of rotatable bonds is 7. The van der Waals surface area contributed by atoms with Gasteiger partial charge in [0.1, 0.15) is 29.9 Å². The maximum absolute atomic E-state index is 15.0. The van der Waals surface area contributed by atoms with Crippen LogP contribution < -0.4 is 25.2 Å². The number of nitriles is 1. The number of hydrogen-bond acceptors (Lipinski definition) is 8. The van der Waals surface area contributed by atoms with E-state index >= 15 is 0 Å². The van der Waals surface area contributed by atoms with Gasteiger partial charge < -0.3 is 15.0 Å². The highest BCUT2D eigenvalue weighted by Crippen LogP contribution is 2.37. The minimum atomic E-state index is -4.20. The molecule has 46 heavy (non-hydrogen) atoms. The minimum Gasteiger partial charge on any atom is -0.453 e. The van der Waals surface area contributed by atoms with Gasteiger partial charge in [-0.25, -0.2) is 13.8 Å². The van der Waals surface area contributed by atoms with E-state index in [1.165, 1.54) is 29.1 Å². The van der Waals surface area contributed by atoms with Gasteiger partial charge in [0.05, 0.1) is 22.3 Å². The Balaban J connectivity index is 1.14. The summed E-state index contributed by atoms with van der Waals surface area (Å²) >= 11 is 0. The average molecular weight is 648 g/mol. The molecule has 3 saturated heterocycles. The topological polar surface area (TPSA) is 133 Å². The van der Waals surface area contributed by atoms with Gasteiger partial charge in [-0.15, -0.1) is 0 Å². The number of aromatic nitrogens is 2. The maximum atomic E-state index is 15.0. The average Bonchev–Trinajstić information content (AvgIpc) is 3.50. The fourth-order valence-corrected chi connectivity index (χ4v) is 7.61. The van der Waals surface area contributed by atoms with E-state index in [-0.39, 0.29) is 41.9 Å². The summed E-state index contributed by atoms with van der Waals surface area (Å²) in [5.41, 5.74) is 1.55. The van der Waals surface area contributed by atoms with E-state index in [2.05, 4.69) is 19.9 Å². The van der Waals surface area contributed by atoms with Crippen LogP contribution in [0.3, 0.4) is 0 Å². The third-order valence-electron chi connectivity index (χ3n) is 9.16. The van der Waals surface area contributed by atoms with Gasteiger partial charge >= 0.3 is 10.2 Å². The monoisotopic (exact) mass is 647 g/mol. The Bertz CT molecular complexity index is 2020. The van der Waals surface area contributed by atoms with Gasteiger partial charge in [0.15, 0.2) is 11.6 Å². The van der Waals surface area contributed by atoms with Crippen LogP contribution in [0.2, 0.25) is 0 Å². The van der Waals surface area contributed by atoms with E-state index in [4.69, 9.17) is 4.74 Å². The van der Waals surface area contributed by atoms with Crippen LogP contribution in [0.5, 0.6) is 11.5 Å². The molecule has 1 aromatic heterocycles. The molecule has 4 heterocycles. The Labute approximate surface area is 264 Å². The molecule has 7 rings (SSSR count). The summed E-state index contributed by atoms with van der Waals surface area (Å²) in [5.74, 6) is -1.40. The summed E-state index contributed by atoms with van der Waals surface area (Å²) in [7, 11) is -4.20. The molecule has 2 N–H and O–H groups in total. The van der Waals surface area contributed by atoms with E-state index in [9.17, 15) is 27.3 Å². The Kier molecular flexibility index (Phi) is 7.62. The van der Waals surface area contributed by atoms with Crippen molar-refractivity contribution >= 4 is 32.5 Å². The smallest absolute Gasteiger partial charge is 0.301 e. The van der Waals surface area contributed by atoms with Crippen LogP contribution in [0.1, 0.15) is 24.8 Å². The van der Waals surface area contributed by atoms with Gasteiger partial charge in [-0.1, -0.05) is 0 Å². The molecule has 1 atom stereocenters. The molecule has 0 aliphatic carbocycles. The number of ether oxygens (including phenoxy) is 1. The number of anilines is 2. The minimum absolute atomic E-state index is 0.0210. The van der Waals surface area contributed by atoms with Crippen LogP contribution >= 0.6 is 0 Å². The number of alkyl halides is 1. The van der Waals surface area contributed by atoms with Crippen LogP contribution in [0.15, 0.2) is 65.7 Å². The molecule has 0 amide bonds. The first-order valence-electron chi connectivity index (χ1n) is 15.0. The molecule has 11 nitrogen and oxygen atoms in total. The fourth-order valence-electron chi connectivity index (χ4n) is 6.32. The molecule has 0 radical (unpaired) electrons. The molecule has 14 heteroatoms. The zero-order valence-corrected chi connectivity index (χ0v) is 25.6. The zero-order valence-electron chi connectivity index (χ0n) is 24.7. The van der Waals surface area contributed by atoms with Crippen molar-refractivity contribution in [1.82, 2.24) is 19.2 Å². The molecular formula is C32H31F2N7O4S. The standard InChI is InChI=1S/C32H31F2N7O4S/c33-21-9-12-40(17-21)46(43,44)38-29-8-6-27(34)30(26(29)16-35)45-24-5-7-28-25(15-24)31(42)41(20-37-28)23-3-1-22(2-4-23)39-13-10-32(11-14-39)18-36-19-32/h1-8,15,20-21,36,38H,9-14,17-19H2/t21-/m1/s1. The van der Waals surface area contributed by atoms with Crippen LogP contribution in [0.25, 0.3) is 16.6 Å². The van der Waals surface area contributed by atoms with Gasteiger partial charge in [-0.05, 0) is 79.3 Å². The molecule has 1 spiro atoms. The summed E-state index contributed by atoms with van der Waals surface area (Å²) in [6.45, 7) is 3.83. The van der Waals surface area contributed by atoms with Crippen molar-refractivity contribution in [2.45, 2.75) is 25.4 Å². The van der Waals surface area contributed by atoms with Crippen LogP contribution in [-0.2, 0) is 10.2 Å². The molecule has 3 aromatic carbocycles. The number of nitrogens with zero attached hydrogens (tertiary/aromatic N) is 5. The molecule has 0 saturated carbocycles. The van der Waals surface area contributed by atoms with E-state index in [0.29, 0.717) is 16.6 Å². The number of benzene rings is 3. The normalized spacial score (nSPS) is 19.6. The van der Waals surface area contributed by atoms with Crippen molar-refractivity contribution in [2.24, 2.45) is 5.41 Å². The van der Waals surface area contributed by atoms with Crippen molar-refractivity contribution in [3.05, 3.63) is 82.7 Å². The predicted molar refractivity (Wildman–Crippen MR) is 169 cm³/mol. The first-order valence-corrected chi connectivity index (χ1v) is 16.5. The number of halogens is 2. The number of hydrogen-bond donors (Lipinski definition) is 2. The first-order chi connectivity index (χ1) is 22.1. The molecular weight excluding hydrogens is 616 g/mol. The predicted octanol–water partition coefficient (Wildman–Crippen LogP) is 4.08. The summed E-state index contributed by atoms with van der Waals surface area (Å²) in [4.78, 5) is 20.4. The Hall–Kier alpha value is -4.58. The fraction of sp³-hybridized carbons (Fsp3) is 0.344. The lowest BCUT2D eigenvalue weighted by Gasteiger charge is -2.49. The lowest BCUT2D eigenvalue weighted by Crippen LogP contribution is -2.58. The van der Waals surface area contributed by atoms with Crippen LogP contribution in [0.4, 0.5) is 20.2 Å². The van der Waals surface area contributed by atoms with Crippen molar-refractivity contribution in [3.63, 3.8) is 0 Å². The third kappa shape index (κ3) is 5.55. The van der Waals surface area contributed by atoms with Crippen molar-refractivity contribution in [3.8, 4) is 23.3 Å². The third-order valence-corrected chi connectivity index (χ3v) is 10.6. The highest BCUT2D eigenvalue weighted by Gasteiger charge is 2.39. The Morgan fingerprint density at radius 2 is 1.78 bits per heavy atom. The van der Waals surface area contributed by atoms with Gasteiger partial charge in [-0.3, -0.25) is 14.1 Å². The molecule has 238 valence electrons. The van der Waals surface area contributed by atoms with Crippen LogP contribution in [0, 0.1) is 22.6 Å². The second-order valence-corrected chi connectivity index (χ2v) is 13.7. The van der Waals surface area contributed by atoms with Gasteiger partial charge in [-0.2, -0.15) is 18.0 Å². The van der Waals surface area contributed by atoms with Crippen molar-refractivity contribution < 1.29 is 21.9 Å². The summed E-state index contributed by atoms with van der Waals surface area (Å²) in [6.07, 6.45) is 2.52. The number of piperidine rings is 1. The molecule has 3 fully saturated rings. The second-order valence-electron chi connectivity index (χ2n) is 12.1. The quantitative estimate of drug-likeness (QED) is 0.307. The molecule has 4 aromatic rings. The highest BCUT2D eigenvalue weighted by atomic mass is 32.2. The molecule has 3 aliphatic heterocycles. The van der Waals surface area contributed by atoms with E-state index < -0.39 is 33.5 Å². The lowest BCUT2D eigenvalue weighted by molar-refractivity contribution is 0.126. The van der Waals surface area contributed by atoms with Crippen molar-refractivity contribution in [1.29, 1.82) is 5.26 Å². The Morgan fingerprint density at radius 3 is 2.43 bits per heavy atom. The lowest BCUT2D eigenvalue weighted by atomic mass is 9.73.